The summed E-state index contributed by atoms with van der Waals surface area (Å²) in [5.74, 6) is 0.295. The predicted molar refractivity (Wildman–Crippen MR) is 55.9 cm³/mol. The Morgan fingerprint density at radius 1 is 1.47 bits per heavy atom. The number of hydrogen-bond donors (Lipinski definition) is 1. The summed E-state index contributed by atoms with van der Waals surface area (Å²) >= 11 is 0. The molecule has 0 aliphatic heterocycles. The fourth-order valence-corrected chi connectivity index (χ4v) is 1.32. The molecule has 0 amide bonds. The van der Waals surface area contributed by atoms with E-state index in [-0.39, 0.29) is 5.82 Å². The molecule has 0 saturated heterocycles. The Hall–Kier alpha value is -1.42. The van der Waals surface area contributed by atoms with Crippen LogP contribution in [0.25, 0.3) is 11.1 Å². The summed E-state index contributed by atoms with van der Waals surface area (Å²) < 4.78 is 18.3. The highest BCUT2D eigenvalue weighted by atomic mass is 19.1. The summed E-state index contributed by atoms with van der Waals surface area (Å²) in [7, 11) is 0. The SMILES string of the molecule is CC(C)NCc1nc2cc(F)ccc2o1. The number of oxazole rings is 1. The van der Waals surface area contributed by atoms with Gasteiger partial charge in [0.25, 0.3) is 0 Å². The molecular formula is C11H13FN2O. The third-order valence-electron chi connectivity index (χ3n) is 2.06. The minimum atomic E-state index is -0.292. The highest BCUT2D eigenvalue weighted by Crippen LogP contribution is 2.16. The van der Waals surface area contributed by atoms with E-state index in [0.29, 0.717) is 29.6 Å². The second kappa shape index (κ2) is 3.98. The van der Waals surface area contributed by atoms with Crippen molar-refractivity contribution >= 4 is 11.1 Å². The standard InChI is InChI=1S/C11H13FN2O/c1-7(2)13-6-11-14-9-5-8(12)3-4-10(9)15-11/h3-5,7,13H,6H2,1-2H3. The monoisotopic (exact) mass is 208 g/mol. The molecule has 1 aromatic heterocycles. The Kier molecular flexibility index (Phi) is 2.68. The second-order valence-electron chi connectivity index (χ2n) is 3.76. The zero-order chi connectivity index (χ0) is 10.8. The third-order valence-corrected chi connectivity index (χ3v) is 2.06. The summed E-state index contributed by atoms with van der Waals surface area (Å²) in [5.41, 5.74) is 1.19. The van der Waals surface area contributed by atoms with Crippen molar-refractivity contribution in [2.24, 2.45) is 0 Å². The van der Waals surface area contributed by atoms with Gasteiger partial charge in [-0.05, 0) is 12.1 Å². The molecule has 0 fully saturated rings. The van der Waals surface area contributed by atoms with Crippen LogP contribution in [0.2, 0.25) is 0 Å². The number of fused-ring (bicyclic) bond motifs is 1. The first-order valence-electron chi connectivity index (χ1n) is 4.93. The van der Waals surface area contributed by atoms with Gasteiger partial charge in [-0.3, -0.25) is 0 Å². The zero-order valence-corrected chi connectivity index (χ0v) is 8.75. The van der Waals surface area contributed by atoms with Crippen molar-refractivity contribution in [3.63, 3.8) is 0 Å². The molecule has 1 heterocycles. The molecule has 3 nitrogen and oxygen atoms in total. The van der Waals surface area contributed by atoms with Crippen molar-refractivity contribution in [3.8, 4) is 0 Å². The predicted octanol–water partition coefficient (Wildman–Crippen LogP) is 2.46. The Balaban J connectivity index is 2.23. The van der Waals surface area contributed by atoms with Gasteiger partial charge in [0.1, 0.15) is 11.3 Å². The summed E-state index contributed by atoms with van der Waals surface area (Å²) in [4.78, 5) is 4.18. The van der Waals surface area contributed by atoms with Crippen molar-refractivity contribution in [1.29, 1.82) is 0 Å². The van der Waals surface area contributed by atoms with Gasteiger partial charge in [-0.15, -0.1) is 0 Å². The number of nitrogens with zero attached hydrogens (tertiary/aromatic N) is 1. The highest BCUT2D eigenvalue weighted by molar-refractivity contribution is 5.72. The minimum Gasteiger partial charge on any atom is -0.439 e. The van der Waals surface area contributed by atoms with Crippen molar-refractivity contribution in [3.05, 3.63) is 29.9 Å². The fourth-order valence-electron chi connectivity index (χ4n) is 1.32. The Bertz CT molecular complexity index is 465. The first kappa shape index (κ1) is 10.1. The first-order chi connectivity index (χ1) is 7.15. The number of hydrogen-bond acceptors (Lipinski definition) is 3. The van der Waals surface area contributed by atoms with Crippen molar-refractivity contribution in [2.75, 3.05) is 0 Å². The van der Waals surface area contributed by atoms with E-state index in [9.17, 15) is 4.39 Å². The molecule has 0 unspecified atom stereocenters. The molecule has 4 heteroatoms. The van der Waals surface area contributed by atoms with E-state index in [0.717, 1.165) is 0 Å². The van der Waals surface area contributed by atoms with E-state index in [1.807, 2.05) is 13.8 Å². The lowest BCUT2D eigenvalue weighted by molar-refractivity contribution is 0.472. The van der Waals surface area contributed by atoms with Gasteiger partial charge in [-0.25, -0.2) is 9.37 Å². The van der Waals surface area contributed by atoms with Crippen LogP contribution in [0.5, 0.6) is 0 Å². The van der Waals surface area contributed by atoms with Crippen LogP contribution >= 0.6 is 0 Å². The fraction of sp³-hybridized carbons (Fsp3) is 0.364. The van der Waals surface area contributed by atoms with E-state index >= 15 is 0 Å². The average Bonchev–Trinajstić information content (AvgIpc) is 2.56. The van der Waals surface area contributed by atoms with E-state index in [1.54, 1.807) is 6.07 Å². The highest BCUT2D eigenvalue weighted by Gasteiger charge is 2.06. The molecule has 0 saturated carbocycles. The largest absolute Gasteiger partial charge is 0.439 e. The van der Waals surface area contributed by atoms with Gasteiger partial charge in [-0.1, -0.05) is 13.8 Å². The lowest BCUT2D eigenvalue weighted by atomic mass is 10.3. The summed E-state index contributed by atoms with van der Waals surface area (Å²) in [6, 6.07) is 4.71. The molecule has 0 radical (unpaired) electrons. The lowest BCUT2D eigenvalue weighted by Gasteiger charge is -2.03. The maximum absolute atomic E-state index is 12.9. The van der Waals surface area contributed by atoms with Gasteiger partial charge < -0.3 is 9.73 Å². The molecule has 15 heavy (non-hydrogen) atoms. The molecule has 80 valence electrons. The maximum Gasteiger partial charge on any atom is 0.209 e. The molecule has 0 bridgehead atoms. The van der Waals surface area contributed by atoms with E-state index in [2.05, 4.69) is 10.3 Å². The van der Waals surface area contributed by atoms with Crippen LogP contribution in [-0.2, 0) is 6.54 Å². The number of halogens is 1. The van der Waals surface area contributed by atoms with Gasteiger partial charge >= 0.3 is 0 Å². The topological polar surface area (TPSA) is 38.1 Å². The normalized spacial score (nSPS) is 11.5. The van der Waals surface area contributed by atoms with Crippen molar-refractivity contribution in [2.45, 2.75) is 26.4 Å². The quantitative estimate of drug-likeness (QED) is 0.842. The molecule has 2 rings (SSSR count). The van der Waals surface area contributed by atoms with Crippen LogP contribution < -0.4 is 5.32 Å². The van der Waals surface area contributed by atoms with Crippen molar-refractivity contribution in [1.82, 2.24) is 10.3 Å². The molecule has 0 aliphatic carbocycles. The molecule has 1 aromatic carbocycles. The zero-order valence-electron chi connectivity index (χ0n) is 8.75. The number of nitrogens with one attached hydrogen (secondary N) is 1. The Labute approximate surface area is 87.3 Å². The number of aromatic nitrogens is 1. The van der Waals surface area contributed by atoms with E-state index in [1.165, 1.54) is 12.1 Å². The molecule has 0 aliphatic rings. The number of rotatable bonds is 3. The molecule has 0 atom stereocenters. The van der Waals surface area contributed by atoms with E-state index < -0.39 is 0 Å². The lowest BCUT2D eigenvalue weighted by Crippen LogP contribution is -2.21. The molecule has 2 aromatic rings. The average molecular weight is 208 g/mol. The molecule has 1 N–H and O–H groups in total. The van der Waals surface area contributed by atoms with Gasteiger partial charge in [0.05, 0.1) is 6.54 Å². The van der Waals surface area contributed by atoms with Crippen LogP contribution in [0.15, 0.2) is 22.6 Å². The Morgan fingerprint density at radius 2 is 2.27 bits per heavy atom. The van der Waals surface area contributed by atoms with Gasteiger partial charge in [-0.2, -0.15) is 0 Å². The first-order valence-corrected chi connectivity index (χ1v) is 4.93. The minimum absolute atomic E-state index is 0.292. The second-order valence-corrected chi connectivity index (χ2v) is 3.76. The van der Waals surface area contributed by atoms with Crippen molar-refractivity contribution < 1.29 is 8.81 Å². The third kappa shape index (κ3) is 2.33. The van der Waals surface area contributed by atoms with Crippen LogP contribution in [0.1, 0.15) is 19.7 Å². The van der Waals surface area contributed by atoms with Crippen LogP contribution in [-0.4, -0.2) is 11.0 Å². The van der Waals surface area contributed by atoms with Crippen LogP contribution in [0, 0.1) is 5.82 Å². The smallest absolute Gasteiger partial charge is 0.209 e. The maximum atomic E-state index is 12.9. The summed E-state index contributed by atoms with van der Waals surface area (Å²) in [6.45, 7) is 4.65. The van der Waals surface area contributed by atoms with Crippen LogP contribution in [0.4, 0.5) is 4.39 Å². The Morgan fingerprint density at radius 3 is 3.00 bits per heavy atom. The van der Waals surface area contributed by atoms with Gasteiger partial charge in [0.15, 0.2) is 5.58 Å². The summed E-state index contributed by atoms with van der Waals surface area (Å²) in [6.07, 6.45) is 0. The summed E-state index contributed by atoms with van der Waals surface area (Å²) in [5, 5.41) is 3.19. The molecule has 0 spiro atoms. The van der Waals surface area contributed by atoms with Gasteiger partial charge in [0, 0.05) is 12.1 Å². The van der Waals surface area contributed by atoms with Crippen LogP contribution in [0.3, 0.4) is 0 Å². The van der Waals surface area contributed by atoms with E-state index in [4.69, 9.17) is 4.42 Å². The molecular weight excluding hydrogens is 195 g/mol. The van der Waals surface area contributed by atoms with Gasteiger partial charge in [0.2, 0.25) is 5.89 Å². The number of benzene rings is 1.